The molecule has 0 bridgehead atoms. The number of hydrogen-bond donors (Lipinski definition) is 0. The van der Waals surface area contributed by atoms with E-state index in [0.29, 0.717) is 46.4 Å². The number of fused-ring (bicyclic) bond motifs is 18. The number of rotatable bonds is 12. The molecule has 14 nitrogen and oxygen atoms in total. The second kappa shape index (κ2) is 41.4. The van der Waals surface area contributed by atoms with Crippen molar-refractivity contribution in [3.63, 3.8) is 0 Å². The zero-order valence-corrected chi connectivity index (χ0v) is 87.8. The van der Waals surface area contributed by atoms with Gasteiger partial charge in [-0.05, 0) is 281 Å². The summed E-state index contributed by atoms with van der Waals surface area (Å²) >= 11 is 0. The van der Waals surface area contributed by atoms with E-state index in [9.17, 15) is 10.5 Å². The fraction of sp³-hybridized carbons (Fsp3) is 0.224. The molecular formula is C134H124N8O6. The Bertz CT molecular complexity index is 7760. The molecule has 14 heteroatoms. The van der Waals surface area contributed by atoms with Gasteiger partial charge in [-0.1, -0.05) is 349 Å². The SMILES string of the molecule is CC(C)(C)c1ccc(Oc2ccc3c(c2)-c2ccccc2C3)c(C#N)c1.CC(C)(C)c1ccc(Oc2ccc3c(c2)-c2ccccc2C3)nc1.CC(C)(C)c1ccc(Oc2cccc3c2Cc2ccccc2-3)c(C#N)c1.CC(C)(C)c1ccc(Oc2cccc3c2Cc2ccccc2-3)nc1.CC(C)(C)c1cnc(Oc2ccc3c(c2)-c2ccccc2C3)nc1.CC(C)(C)c1cnc(Oc2cccc3c2Cc2ccccc2-3)nc1. The number of nitriles is 2. The summed E-state index contributed by atoms with van der Waals surface area (Å²) in [6.45, 7) is 38.8. The lowest BCUT2D eigenvalue weighted by atomic mass is 9.86. The number of ether oxygens (including phenoxy) is 6. The molecule has 6 aliphatic carbocycles. The van der Waals surface area contributed by atoms with Crippen molar-refractivity contribution < 1.29 is 28.4 Å². The van der Waals surface area contributed by atoms with Crippen LogP contribution in [0.3, 0.4) is 0 Å². The minimum absolute atomic E-state index is 0.000230. The van der Waals surface area contributed by atoms with Gasteiger partial charge in [0.25, 0.3) is 0 Å². The van der Waals surface area contributed by atoms with Gasteiger partial charge < -0.3 is 28.4 Å². The molecule has 0 N–H and O–H groups in total. The van der Waals surface area contributed by atoms with Crippen LogP contribution in [0.2, 0.25) is 0 Å². The summed E-state index contributed by atoms with van der Waals surface area (Å²) in [7, 11) is 0. The van der Waals surface area contributed by atoms with Gasteiger partial charge in [-0.15, -0.1) is 0 Å². The Labute approximate surface area is 871 Å². The average Bonchev–Trinajstić information content (AvgIpc) is 1.62. The largest absolute Gasteiger partial charge is 0.456 e. The Morgan fingerprint density at radius 3 is 0.791 bits per heavy atom. The van der Waals surface area contributed by atoms with Gasteiger partial charge in [0.05, 0.1) is 11.1 Å². The molecule has 0 aliphatic heterocycles. The van der Waals surface area contributed by atoms with Crippen molar-refractivity contribution in [1.29, 1.82) is 10.5 Å². The zero-order valence-electron chi connectivity index (χ0n) is 87.8. The van der Waals surface area contributed by atoms with Gasteiger partial charge in [0.1, 0.15) is 58.1 Å². The smallest absolute Gasteiger partial charge is 0.321 e. The van der Waals surface area contributed by atoms with Crippen LogP contribution < -0.4 is 28.4 Å². The lowest BCUT2D eigenvalue weighted by Gasteiger charge is -2.20. The number of nitrogens with zero attached hydrogens (tertiary/aromatic N) is 8. The molecule has 0 saturated heterocycles. The van der Waals surface area contributed by atoms with Gasteiger partial charge in [-0.3, -0.25) is 0 Å². The molecule has 18 aromatic rings. The standard InChI is InChI=1S/2C24H21NO.2C22H21NO.2C21H20N2O/c1-24(2,3)18-11-12-22(17(13-18)15-25)26-23-10-6-9-20-19-8-5-4-7-16(19)14-21(20)23;1-24(2,3)19-9-11-23(18(13-19)15-25)26-20-10-8-17-12-16-6-4-5-7-21(16)22(17)14-20;1-22(2,3)16-11-12-21(23-14-16)24-20-10-6-9-18-17-8-5-4-7-15(17)13-19(18)20;1-22(2,3)17-9-11-21(23-14-17)24-18-10-8-16-12-15-6-4-5-7-19(15)20(16)13-18;1-21(2,3)15-12-22-20(23-13-15)24-19-10-6-9-17-16-8-5-4-7-14(16)11-18(17)19;1-21(2,3)16-12-22-20(23-13-16)24-17-9-8-15-10-14-6-4-5-7-18(14)19(15)11-17/h4-13H,14H2,1-3H3;4-11,13-14H,12H2,1-3H3;4-12,14H,13H2,1-3H3;4-11,13-14H,12H2,1-3H3;4-10,12-13H,11H2,1-3H3;4-9,11-13H,10H2,1-3H3. The first kappa shape index (κ1) is 100. The molecule has 0 spiro atoms. The predicted octanol–water partition coefficient (Wildman–Crippen LogP) is 34.2. The van der Waals surface area contributed by atoms with E-state index in [4.69, 9.17) is 28.4 Å². The molecule has 6 aliphatic rings. The Morgan fingerprint density at radius 1 is 0.196 bits per heavy atom. The molecule has 0 fully saturated rings. The van der Waals surface area contributed by atoms with E-state index >= 15 is 0 Å². The van der Waals surface area contributed by atoms with E-state index in [2.05, 4.69) is 385 Å². The summed E-state index contributed by atoms with van der Waals surface area (Å²) in [5, 5.41) is 19.1. The minimum Gasteiger partial charge on any atom is -0.456 e. The lowest BCUT2D eigenvalue weighted by Crippen LogP contribution is -2.12. The predicted molar refractivity (Wildman–Crippen MR) is 596 cm³/mol. The molecule has 14 aromatic carbocycles. The highest BCUT2D eigenvalue weighted by Gasteiger charge is 2.31. The summed E-state index contributed by atoms with van der Waals surface area (Å²) in [6.07, 6.45) is 16.8. The minimum atomic E-state index is -0.000230. The van der Waals surface area contributed by atoms with Gasteiger partial charge >= 0.3 is 12.0 Å². The van der Waals surface area contributed by atoms with Crippen molar-refractivity contribution in [2.75, 3.05) is 0 Å². The van der Waals surface area contributed by atoms with E-state index in [1.807, 2.05) is 134 Å². The van der Waals surface area contributed by atoms with Gasteiger partial charge in [0.2, 0.25) is 11.8 Å². The van der Waals surface area contributed by atoms with Gasteiger partial charge in [0.15, 0.2) is 0 Å². The maximum absolute atomic E-state index is 9.59. The molecular weight excluding hydrogens is 1820 g/mol. The van der Waals surface area contributed by atoms with Crippen LogP contribution in [0.4, 0.5) is 0 Å². The Balaban J connectivity index is 0.000000112. The third kappa shape index (κ3) is 22.4. The van der Waals surface area contributed by atoms with Crippen molar-refractivity contribution >= 4 is 0 Å². The van der Waals surface area contributed by atoms with Crippen LogP contribution in [-0.2, 0) is 71.0 Å². The number of hydrogen-bond acceptors (Lipinski definition) is 14. The second-order valence-electron chi connectivity index (χ2n) is 44.8. The highest BCUT2D eigenvalue weighted by molar-refractivity contribution is 5.84. The van der Waals surface area contributed by atoms with Crippen molar-refractivity contribution in [2.45, 2.75) is 196 Å². The van der Waals surface area contributed by atoms with Gasteiger partial charge in [0, 0.05) is 85.3 Å². The van der Waals surface area contributed by atoms with E-state index in [1.54, 1.807) is 0 Å². The normalized spacial score (nSPS) is 12.5. The fourth-order valence-corrected chi connectivity index (χ4v) is 19.5. The molecule has 0 amide bonds. The molecule has 4 heterocycles. The molecule has 0 radical (unpaired) electrons. The van der Waals surface area contributed by atoms with Crippen LogP contribution in [0.25, 0.3) is 66.8 Å². The fourth-order valence-electron chi connectivity index (χ4n) is 19.5. The maximum Gasteiger partial charge on any atom is 0.321 e. The summed E-state index contributed by atoms with van der Waals surface area (Å²) in [6, 6.07) is 114. The van der Waals surface area contributed by atoms with Crippen LogP contribution in [-0.4, -0.2) is 29.9 Å². The van der Waals surface area contributed by atoms with Crippen LogP contribution in [0.1, 0.15) is 236 Å². The summed E-state index contributed by atoms with van der Waals surface area (Å²) in [4.78, 5) is 26.4. The quantitative estimate of drug-likeness (QED) is 0.113. The lowest BCUT2D eigenvalue weighted by molar-refractivity contribution is 0.435. The molecule has 0 unspecified atom stereocenters. The molecule has 736 valence electrons. The topological polar surface area (TPSA) is 180 Å². The molecule has 24 rings (SSSR count). The van der Waals surface area contributed by atoms with Crippen LogP contribution in [0.15, 0.2) is 353 Å². The number of benzene rings is 14. The third-order valence-corrected chi connectivity index (χ3v) is 28.2. The van der Waals surface area contributed by atoms with Crippen LogP contribution in [0.5, 0.6) is 69.8 Å². The summed E-state index contributed by atoms with van der Waals surface area (Å²) in [5.41, 5.74) is 39.3. The Hall–Kier alpha value is -16.7. The van der Waals surface area contributed by atoms with Crippen LogP contribution in [0, 0.1) is 22.7 Å². The third-order valence-electron chi connectivity index (χ3n) is 28.2. The maximum atomic E-state index is 9.59. The van der Waals surface area contributed by atoms with Crippen molar-refractivity contribution in [2.24, 2.45) is 0 Å². The van der Waals surface area contributed by atoms with E-state index < -0.39 is 0 Å². The first-order valence-electron chi connectivity index (χ1n) is 51.0. The van der Waals surface area contributed by atoms with Gasteiger partial charge in [-0.25, -0.2) is 29.9 Å². The van der Waals surface area contributed by atoms with Crippen molar-refractivity contribution in [3.8, 4) is 149 Å². The summed E-state index contributed by atoms with van der Waals surface area (Å²) < 4.78 is 36.3. The molecule has 0 atom stereocenters. The first-order chi connectivity index (χ1) is 71.0. The monoisotopic (exact) mass is 1940 g/mol. The molecule has 4 aromatic heterocycles. The molecule has 0 saturated carbocycles. The van der Waals surface area contributed by atoms with E-state index in [1.165, 1.54) is 145 Å². The summed E-state index contributed by atoms with van der Waals surface area (Å²) in [5.74, 6) is 7.44. The average molecular weight is 1940 g/mol. The first-order valence-corrected chi connectivity index (χ1v) is 51.0. The number of pyridine rings is 2. The second-order valence-corrected chi connectivity index (χ2v) is 44.8. The molecule has 148 heavy (non-hydrogen) atoms. The van der Waals surface area contributed by atoms with Crippen molar-refractivity contribution in [1.82, 2.24) is 29.9 Å². The van der Waals surface area contributed by atoms with Crippen LogP contribution >= 0.6 is 0 Å². The van der Waals surface area contributed by atoms with Crippen molar-refractivity contribution in [3.05, 3.63) is 464 Å². The highest BCUT2D eigenvalue weighted by Crippen LogP contribution is 2.50. The Kier molecular flexibility index (Phi) is 28.0. The van der Waals surface area contributed by atoms with E-state index in [0.717, 1.165) is 95.3 Å². The zero-order chi connectivity index (χ0) is 104. The highest BCUT2D eigenvalue weighted by atomic mass is 16.5. The number of aromatic nitrogens is 6. The Morgan fingerprint density at radius 2 is 0.459 bits per heavy atom. The van der Waals surface area contributed by atoms with Gasteiger partial charge in [-0.2, -0.15) is 10.5 Å². The van der Waals surface area contributed by atoms with E-state index in [-0.39, 0.29) is 32.5 Å².